The monoisotopic (exact) mass is 277 g/mol. The molecule has 1 fully saturated rings. The van der Waals surface area contributed by atoms with Crippen LogP contribution < -0.4 is 5.32 Å². The lowest BCUT2D eigenvalue weighted by atomic mass is 9.73. The fourth-order valence-corrected chi connectivity index (χ4v) is 5.86. The van der Waals surface area contributed by atoms with Gasteiger partial charge < -0.3 is 5.32 Å². The summed E-state index contributed by atoms with van der Waals surface area (Å²) >= 11 is 2.09. The summed E-state index contributed by atoms with van der Waals surface area (Å²) in [4.78, 5) is 3.28. The van der Waals surface area contributed by atoms with Gasteiger partial charge in [0.25, 0.3) is 0 Å². The van der Waals surface area contributed by atoms with E-state index in [0.29, 0.717) is 6.04 Å². The van der Waals surface area contributed by atoms with Gasteiger partial charge >= 0.3 is 0 Å². The Morgan fingerprint density at radius 2 is 1.89 bits per heavy atom. The van der Waals surface area contributed by atoms with E-state index in [9.17, 15) is 0 Å². The molecule has 2 aliphatic carbocycles. The van der Waals surface area contributed by atoms with Crippen molar-refractivity contribution in [1.29, 1.82) is 0 Å². The van der Waals surface area contributed by atoms with Gasteiger partial charge in [0.05, 0.1) is 0 Å². The highest BCUT2D eigenvalue weighted by molar-refractivity contribution is 7.12. The van der Waals surface area contributed by atoms with E-state index in [1.807, 2.05) is 0 Å². The van der Waals surface area contributed by atoms with Crippen molar-refractivity contribution in [1.82, 2.24) is 5.32 Å². The zero-order valence-electron chi connectivity index (χ0n) is 12.5. The molecular formula is C17H27NS. The van der Waals surface area contributed by atoms with E-state index in [2.05, 4.69) is 43.6 Å². The zero-order chi connectivity index (χ0) is 13.4. The molecule has 1 heterocycles. The van der Waals surface area contributed by atoms with Gasteiger partial charge in [-0.3, -0.25) is 0 Å². The molecule has 3 rings (SSSR count). The van der Waals surface area contributed by atoms with Crippen molar-refractivity contribution in [3.05, 3.63) is 21.4 Å². The Morgan fingerprint density at radius 1 is 1.16 bits per heavy atom. The first-order valence-electron chi connectivity index (χ1n) is 7.96. The zero-order valence-corrected chi connectivity index (χ0v) is 13.4. The van der Waals surface area contributed by atoms with Gasteiger partial charge in [0.2, 0.25) is 0 Å². The predicted molar refractivity (Wildman–Crippen MR) is 83.8 cm³/mol. The Balaban J connectivity index is 1.79. The molecule has 0 amide bonds. The molecular weight excluding hydrogens is 250 g/mol. The first kappa shape index (κ1) is 13.6. The summed E-state index contributed by atoms with van der Waals surface area (Å²) in [5.41, 5.74) is 1.65. The van der Waals surface area contributed by atoms with Crippen molar-refractivity contribution in [3.8, 4) is 0 Å². The van der Waals surface area contributed by atoms with Crippen molar-refractivity contribution in [2.24, 2.45) is 17.8 Å². The fraction of sp³-hybridized carbons (Fsp3) is 0.765. The van der Waals surface area contributed by atoms with Crippen LogP contribution in [0.4, 0.5) is 0 Å². The van der Waals surface area contributed by atoms with E-state index in [1.54, 1.807) is 15.3 Å². The van der Waals surface area contributed by atoms with Gasteiger partial charge in [-0.1, -0.05) is 13.8 Å². The van der Waals surface area contributed by atoms with Gasteiger partial charge in [-0.05, 0) is 75.0 Å². The highest BCUT2D eigenvalue weighted by Gasteiger charge is 2.31. The molecule has 0 saturated heterocycles. The smallest absolute Gasteiger partial charge is 0.0441 e. The predicted octanol–water partition coefficient (Wildman–Crippen LogP) is 4.57. The number of hydrogen-bond acceptors (Lipinski definition) is 2. The molecule has 1 nitrogen and oxygen atoms in total. The maximum Gasteiger partial charge on any atom is 0.0441 e. The molecule has 3 unspecified atom stereocenters. The third-order valence-corrected chi connectivity index (χ3v) is 6.39. The van der Waals surface area contributed by atoms with Crippen LogP contribution in [0.1, 0.15) is 60.9 Å². The first-order valence-corrected chi connectivity index (χ1v) is 8.77. The lowest BCUT2D eigenvalue weighted by Crippen LogP contribution is -2.30. The van der Waals surface area contributed by atoms with Gasteiger partial charge in [-0.25, -0.2) is 0 Å². The van der Waals surface area contributed by atoms with Gasteiger partial charge in [0, 0.05) is 15.8 Å². The molecule has 1 aromatic rings. The quantitative estimate of drug-likeness (QED) is 0.853. The Morgan fingerprint density at radius 3 is 2.53 bits per heavy atom. The Hall–Kier alpha value is -0.340. The number of aryl methyl sites for hydroxylation is 2. The van der Waals surface area contributed by atoms with Crippen molar-refractivity contribution >= 4 is 11.3 Å². The molecule has 0 bridgehead atoms. The largest absolute Gasteiger partial charge is 0.312 e. The maximum absolute atomic E-state index is 3.63. The number of nitrogens with one attached hydrogen (secondary N) is 1. The maximum atomic E-state index is 3.63. The van der Waals surface area contributed by atoms with Gasteiger partial charge in [0.1, 0.15) is 0 Å². The molecule has 1 saturated carbocycles. The summed E-state index contributed by atoms with van der Waals surface area (Å²) in [5, 5.41) is 3.63. The van der Waals surface area contributed by atoms with Crippen molar-refractivity contribution in [2.75, 3.05) is 7.05 Å². The van der Waals surface area contributed by atoms with Crippen LogP contribution in [0.25, 0.3) is 0 Å². The topological polar surface area (TPSA) is 12.0 Å². The second-order valence-corrected chi connectivity index (χ2v) is 8.06. The minimum Gasteiger partial charge on any atom is -0.312 e. The normalized spacial score (nSPS) is 32.3. The van der Waals surface area contributed by atoms with Gasteiger partial charge in [-0.15, -0.1) is 11.3 Å². The SMILES string of the molecule is CNC(c1cc2c(s1)CCC2)C1CC(C)CC(C)C1. The van der Waals surface area contributed by atoms with Crippen LogP contribution in [-0.2, 0) is 12.8 Å². The van der Waals surface area contributed by atoms with Gasteiger partial charge in [-0.2, -0.15) is 0 Å². The second kappa shape index (κ2) is 5.57. The second-order valence-electron chi connectivity index (χ2n) is 6.89. The van der Waals surface area contributed by atoms with Crippen molar-refractivity contribution < 1.29 is 0 Å². The first-order chi connectivity index (χ1) is 9.17. The Labute approximate surface area is 121 Å². The third kappa shape index (κ3) is 2.75. The van der Waals surface area contributed by atoms with Crippen LogP contribution in [0, 0.1) is 17.8 Å². The molecule has 0 spiro atoms. The van der Waals surface area contributed by atoms with E-state index in [-0.39, 0.29) is 0 Å². The molecule has 1 N–H and O–H groups in total. The molecule has 0 aliphatic heterocycles. The molecule has 0 aromatic carbocycles. The molecule has 2 heteroatoms. The van der Waals surface area contributed by atoms with E-state index >= 15 is 0 Å². The van der Waals surface area contributed by atoms with E-state index < -0.39 is 0 Å². The highest BCUT2D eigenvalue weighted by atomic mass is 32.1. The van der Waals surface area contributed by atoms with Crippen molar-refractivity contribution in [2.45, 2.75) is 58.4 Å². The molecule has 19 heavy (non-hydrogen) atoms. The minimum atomic E-state index is 0.598. The summed E-state index contributed by atoms with van der Waals surface area (Å²) in [7, 11) is 2.15. The fourth-order valence-electron chi connectivity index (χ4n) is 4.40. The van der Waals surface area contributed by atoms with Crippen molar-refractivity contribution in [3.63, 3.8) is 0 Å². The summed E-state index contributed by atoms with van der Waals surface area (Å²) in [6.45, 7) is 4.87. The van der Waals surface area contributed by atoms with Gasteiger partial charge in [0.15, 0.2) is 0 Å². The lowest BCUT2D eigenvalue weighted by molar-refractivity contribution is 0.182. The number of fused-ring (bicyclic) bond motifs is 1. The summed E-state index contributed by atoms with van der Waals surface area (Å²) in [6.07, 6.45) is 8.25. The number of thiophene rings is 1. The summed E-state index contributed by atoms with van der Waals surface area (Å²) in [6, 6.07) is 3.11. The Bertz CT molecular complexity index is 405. The highest BCUT2D eigenvalue weighted by Crippen LogP contribution is 2.43. The van der Waals surface area contributed by atoms with Crippen LogP contribution in [-0.4, -0.2) is 7.05 Å². The summed E-state index contributed by atoms with van der Waals surface area (Å²) < 4.78 is 0. The number of hydrogen-bond donors (Lipinski definition) is 1. The molecule has 106 valence electrons. The van der Waals surface area contributed by atoms with Crippen LogP contribution >= 0.6 is 11.3 Å². The average molecular weight is 277 g/mol. The van der Waals surface area contributed by atoms with E-state index in [4.69, 9.17) is 0 Å². The van der Waals surface area contributed by atoms with E-state index in [0.717, 1.165) is 17.8 Å². The minimum absolute atomic E-state index is 0.598. The van der Waals surface area contributed by atoms with E-state index in [1.165, 1.54) is 38.5 Å². The Kier molecular flexibility index (Phi) is 4.00. The van der Waals surface area contributed by atoms with Crippen LogP contribution in [0.5, 0.6) is 0 Å². The molecule has 2 aliphatic rings. The van der Waals surface area contributed by atoms with Crippen LogP contribution in [0.2, 0.25) is 0 Å². The average Bonchev–Trinajstić information content (AvgIpc) is 2.89. The molecule has 0 radical (unpaired) electrons. The third-order valence-electron chi connectivity index (χ3n) is 5.07. The summed E-state index contributed by atoms with van der Waals surface area (Å²) in [5.74, 6) is 2.63. The molecule has 1 aromatic heterocycles. The van der Waals surface area contributed by atoms with Crippen LogP contribution in [0.3, 0.4) is 0 Å². The number of rotatable bonds is 3. The standard InChI is InChI=1S/C17H27NS/c1-11-7-12(2)9-14(8-11)17(18-3)16-10-13-5-4-6-15(13)19-16/h10-12,14,17-18H,4-9H2,1-3H3. The van der Waals surface area contributed by atoms with Crippen LogP contribution in [0.15, 0.2) is 6.07 Å². The molecule has 3 atom stereocenters. The lowest BCUT2D eigenvalue weighted by Gasteiger charge is -2.36.